The second kappa shape index (κ2) is 9.86. The van der Waals surface area contributed by atoms with E-state index < -0.39 is 0 Å². The summed E-state index contributed by atoms with van der Waals surface area (Å²) in [7, 11) is 4.25. The van der Waals surface area contributed by atoms with Crippen LogP contribution >= 0.6 is 0 Å². The van der Waals surface area contributed by atoms with E-state index in [9.17, 15) is 0 Å². The highest BCUT2D eigenvalue weighted by atomic mass is 15.1. The lowest BCUT2D eigenvalue weighted by molar-refractivity contribution is 0.206. The highest BCUT2D eigenvalue weighted by Crippen LogP contribution is 2.56. The Bertz CT molecular complexity index is 393. The van der Waals surface area contributed by atoms with Gasteiger partial charge in [-0.2, -0.15) is 0 Å². The Kier molecular flexibility index (Phi) is 8.86. The van der Waals surface area contributed by atoms with Crippen molar-refractivity contribution in [2.75, 3.05) is 20.6 Å². The Hall–Kier alpha value is -0.480. The van der Waals surface area contributed by atoms with Gasteiger partial charge >= 0.3 is 0 Å². The highest BCUT2D eigenvalue weighted by Gasteiger charge is 2.51. The summed E-state index contributed by atoms with van der Waals surface area (Å²) in [4.78, 5) is 2.23. The third-order valence-electron chi connectivity index (χ3n) is 6.90. The Balaban J connectivity index is 2.52. The molecule has 1 fully saturated rings. The van der Waals surface area contributed by atoms with Crippen LogP contribution < -0.4 is 0 Å². The summed E-state index contributed by atoms with van der Waals surface area (Å²) >= 11 is 0. The molecule has 8 atom stereocenters. The smallest absolute Gasteiger partial charge is 0.0330 e. The molecule has 0 bridgehead atoms. The molecule has 140 valence electrons. The van der Waals surface area contributed by atoms with Gasteiger partial charge in [0.1, 0.15) is 0 Å². The maximum absolute atomic E-state index is 5.78. The molecule has 0 N–H and O–H groups in total. The van der Waals surface area contributed by atoms with E-state index >= 15 is 0 Å². The Labute approximate surface area is 153 Å². The van der Waals surface area contributed by atoms with E-state index in [-0.39, 0.29) is 0 Å². The van der Waals surface area contributed by atoms with Gasteiger partial charge in [-0.05, 0) is 68.4 Å². The van der Waals surface area contributed by atoms with Crippen LogP contribution in [0.1, 0.15) is 67.2 Å². The maximum atomic E-state index is 5.78. The van der Waals surface area contributed by atoms with Gasteiger partial charge < -0.3 is 4.90 Å². The Morgan fingerprint density at radius 1 is 1.12 bits per heavy atom. The lowest BCUT2D eigenvalue weighted by Gasteiger charge is -2.29. The molecule has 0 amide bonds. The quantitative estimate of drug-likeness (QED) is 0.432. The summed E-state index contributed by atoms with van der Waals surface area (Å²) in [5.74, 6) is 9.41. The number of hydrogen-bond donors (Lipinski definition) is 0. The van der Waals surface area contributed by atoms with Crippen molar-refractivity contribution in [2.24, 2.45) is 47.3 Å². The second-order valence-corrected chi connectivity index (χ2v) is 9.29. The van der Waals surface area contributed by atoms with E-state index in [1.165, 1.54) is 25.7 Å². The van der Waals surface area contributed by atoms with Crippen molar-refractivity contribution in [3.8, 4) is 12.3 Å². The van der Waals surface area contributed by atoms with Gasteiger partial charge in [-0.25, -0.2) is 0 Å². The first-order valence-electron chi connectivity index (χ1n) is 10.3. The van der Waals surface area contributed by atoms with Gasteiger partial charge in [-0.3, -0.25) is 0 Å². The van der Waals surface area contributed by atoms with Crippen LogP contribution in [-0.4, -0.2) is 25.5 Å². The van der Waals surface area contributed by atoms with Crippen LogP contribution in [0.25, 0.3) is 0 Å². The van der Waals surface area contributed by atoms with E-state index in [4.69, 9.17) is 6.42 Å². The summed E-state index contributed by atoms with van der Waals surface area (Å²) < 4.78 is 0. The predicted octanol–water partition coefficient (Wildman–Crippen LogP) is 5.80. The zero-order valence-electron chi connectivity index (χ0n) is 17.7. The van der Waals surface area contributed by atoms with E-state index in [1.807, 2.05) is 0 Å². The van der Waals surface area contributed by atoms with Gasteiger partial charge in [0.15, 0.2) is 0 Å². The standard InChI is InChI=1S/C23H43N/c1-10-12-16(3)13-17(4)18(5)19(6)23-20(7)22(23)14-21(11-2)15-24(8)9/h2,16-23H,10,12-15H2,1,3-9H3. The van der Waals surface area contributed by atoms with Gasteiger partial charge in [0.2, 0.25) is 0 Å². The van der Waals surface area contributed by atoms with Crippen molar-refractivity contribution in [3.05, 3.63) is 0 Å². The zero-order chi connectivity index (χ0) is 18.4. The third-order valence-corrected chi connectivity index (χ3v) is 6.90. The van der Waals surface area contributed by atoms with Gasteiger partial charge in [-0.15, -0.1) is 12.3 Å². The predicted molar refractivity (Wildman–Crippen MR) is 108 cm³/mol. The molecule has 0 heterocycles. The van der Waals surface area contributed by atoms with Crippen molar-refractivity contribution in [1.29, 1.82) is 0 Å². The lowest BCUT2D eigenvalue weighted by Crippen LogP contribution is -2.23. The summed E-state index contributed by atoms with van der Waals surface area (Å²) in [6, 6.07) is 0. The third kappa shape index (κ3) is 6.11. The first-order valence-corrected chi connectivity index (χ1v) is 10.3. The normalized spacial score (nSPS) is 29.6. The molecular formula is C23H43N. The molecule has 0 aromatic rings. The zero-order valence-corrected chi connectivity index (χ0v) is 17.7. The fourth-order valence-electron chi connectivity index (χ4n) is 5.11. The number of nitrogens with zero attached hydrogens (tertiary/aromatic N) is 1. The SMILES string of the molecule is C#CC(CC1C(C)C1C(C)C(C)C(C)CC(C)CCC)CN(C)C. The number of hydrogen-bond acceptors (Lipinski definition) is 1. The van der Waals surface area contributed by atoms with E-state index in [0.29, 0.717) is 5.92 Å². The van der Waals surface area contributed by atoms with Gasteiger partial charge in [-0.1, -0.05) is 54.4 Å². The Morgan fingerprint density at radius 3 is 2.25 bits per heavy atom. The van der Waals surface area contributed by atoms with E-state index in [1.54, 1.807) is 0 Å². The summed E-state index contributed by atoms with van der Waals surface area (Å²) in [6.07, 6.45) is 11.1. The first-order chi connectivity index (χ1) is 11.2. The minimum absolute atomic E-state index is 0.418. The lowest BCUT2D eigenvalue weighted by atomic mass is 9.77. The molecule has 1 saturated carbocycles. The van der Waals surface area contributed by atoms with Crippen LogP contribution in [0.4, 0.5) is 0 Å². The minimum atomic E-state index is 0.418. The topological polar surface area (TPSA) is 3.24 Å². The molecule has 24 heavy (non-hydrogen) atoms. The second-order valence-electron chi connectivity index (χ2n) is 9.29. The summed E-state index contributed by atoms with van der Waals surface area (Å²) in [5, 5.41) is 0. The summed E-state index contributed by atoms with van der Waals surface area (Å²) in [6.45, 7) is 15.7. The molecule has 1 nitrogen and oxygen atoms in total. The van der Waals surface area contributed by atoms with Crippen molar-refractivity contribution >= 4 is 0 Å². The average Bonchev–Trinajstić information content (AvgIpc) is 3.14. The molecular weight excluding hydrogens is 290 g/mol. The van der Waals surface area contributed by atoms with Crippen LogP contribution in [0.3, 0.4) is 0 Å². The van der Waals surface area contributed by atoms with Crippen molar-refractivity contribution in [3.63, 3.8) is 0 Å². The molecule has 0 saturated heterocycles. The molecule has 0 aromatic heterocycles. The van der Waals surface area contributed by atoms with Crippen LogP contribution in [0, 0.1) is 59.7 Å². The van der Waals surface area contributed by atoms with Crippen LogP contribution in [0.5, 0.6) is 0 Å². The van der Waals surface area contributed by atoms with Crippen LogP contribution in [-0.2, 0) is 0 Å². The molecule has 0 radical (unpaired) electrons. The molecule has 8 unspecified atom stereocenters. The molecule has 1 aliphatic carbocycles. The van der Waals surface area contributed by atoms with Crippen molar-refractivity contribution in [2.45, 2.75) is 67.2 Å². The van der Waals surface area contributed by atoms with Crippen molar-refractivity contribution in [1.82, 2.24) is 4.90 Å². The maximum Gasteiger partial charge on any atom is 0.0330 e. The van der Waals surface area contributed by atoms with Crippen LogP contribution in [0.2, 0.25) is 0 Å². The minimum Gasteiger partial charge on any atom is -0.308 e. The van der Waals surface area contributed by atoms with E-state index in [2.05, 4.69) is 66.5 Å². The summed E-state index contributed by atoms with van der Waals surface area (Å²) in [5.41, 5.74) is 0. The van der Waals surface area contributed by atoms with Gasteiger partial charge in [0, 0.05) is 12.5 Å². The van der Waals surface area contributed by atoms with Crippen molar-refractivity contribution < 1.29 is 0 Å². The van der Waals surface area contributed by atoms with Crippen LogP contribution in [0.15, 0.2) is 0 Å². The molecule has 1 heteroatoms. The molecule has 0 aliphatic heterocycles. The Morgan fingerprint density at radius 2 is 1.75 bits per heavy atom. The van der Waals surface area contributed by atoms with Gasteiger partial charge in [0.25, 0.3) is 0 Å². The first kappa shape index (κ1) is 21.6. The largest absolute Gasteiger partial charge is 0.308 e. The molecule has 0 spiro atoms. The monoisotopic (exact) mass is 333 g/mol. The average molecular weight is 334 g/mol. The van der Waals surface area contributed by atoms with E-state index in [0.717, 1.165) is 48.0 Å². The van der Waals surface area contributed by atoms with Gasteiger partial charge in [0.05, 0.1) is 0 Å². The number of terminal acetylenes is 1. The fourth-order valence-corrected chi connectivity index (χ4v) is 5.11. The fraction of sp³-hybridized carbons (Fsp3) is 0.913. The molecule has 1 aliphatic rings. The number of rotatable bonds is 11. The molecule has 0 aromatic carbocycles. The highest BCUT2D eigenvalue weighted by molar-refractivity contribution is 5.04. The molecule has 1 rings (SSSR count).